The number of hydrogen-bond donors (Lipinski definition) is 1. The molecule has 2 nitrogen and oxygen atoms in total. The van der Waals surface area contributed by atoms with Gasteiger partial charge in [0.25, 0.3) is 0 Å². The van der Waals surface area contributed by atoms with E-state index in [0.717, 1.165) is 18.7 Å². The predicted octanol–water partition coefficient (Wildman–Crippen LogP) is 2.71. The van der Waals surface area contributed by atoms with E-state index in [9.17, 15) is 0 Å². The molecule has 0 radical (unpaired) electrons. The molecule has 0 spiro atoms. The summed E-state index contributed by atoms with van der Waals surface area (Å²) in [5, 5.41) is 3.13. The molecule has 0 bridgehead atoms. The fourth-order valence-corrected chi connectivity index (χ4v) is 1.51. The van der Waals surface area contributed by atoms with E-state index in [1.54, 1.807) is 7.11 Å². The zero-order valence-electron chi connectivity index (χ0n) is 9.71. The highest BCUT2D eigenvalue weighted by molar-refractivity contribution is 5.68. The highest BCUT2D eigenvalue weighted by atomic mass is 16.5. The van der Waals surface area contributed by atoms with Gasteiger partial charge in [-0.25, -0.2) is 0 Å². The third-order valence-corrected chi connectivity index (χ3v) is 2.38. The highest BCUT2D eigenvalue weighted by Gasteiger charge is 2.02. The quantitative estimate of drug-likeness (QED) is 0.746. The Kier molecular flexibility index (Phi) is 4.91. The maximum absolute atomic E-state index is 5.32. The van der Waals surface area contributed by atoms with Crippen LogP contribution in [0.5, 0.6) is 5.75 Å². The summed E-state index contributed by atoms with van der Waals surface area (Å²) in [6.07, 6.45) is 3.27. The summed E-state index contributed by atoms with van der Waals surface area (Å²) in [6, 6.07) is 8.10. The molecular weight excluding hydrogens is 186 g/mol. The summed E-state index contributed by atoms with van der Waals surface area (Å²) in [7, 11) is 3.67. The van der Waals surface area contributed by atoms with Crippen molar-refractivity contribution in [2.75, 3.05) is 20.7 Å². The number of ether oxygens (including phenoxy) is 1. The average molecular weight is 205 g/mol. The number of benzene rings is 1. The summed E-state index contributed by atoms with van der Waals surface area (Å²) in [6.45, 7) is 3.13. The van der Waals surface area contributed by atoms with Crippen molar-refractivity contribution in [2.45, 2.75) is 13.3 Å². The van der Waals surface area contributed by atoms with Gasteiger partial charge < -0.3 is 10.1 Å². The van der Waals surface area contributed by atoms with Crippen LogP contribution < -0.4 is 10.1 Å². The van der Waals surface area contributed by atoms with Crippen molar-refractivity contribution in [3.63, 3.8) is 0 Å². The molecule has 1 N–H and O–H groups in total. The number of hydrogen-bond acceptors (Lipinski definition) is 2. The first kappa shape index (κ1) is 11.8. The Balaban J connectivity index is 2.80. The van der Waals surface area contributed by atoms with E-state index in [-0.39, 0.29) is 0 Å². The first-order chi connectivity index (χ1) is 7.29. The summed E-state index contributed by atoms with van der Waals surface area (Å²) in [4.78, 5) is 0. The fraction of sp³-hybridized carbons (Fsp3) is 0.385. The molecule has 1 aromatic rings. The minimum atomic E-state index is 0.940. The van der Waals surface area contributed by atoms with Gasteiger partial charge in [0.05, 0.1) is 7.11 Å². The lowest BCUT2D eigenvalue weighted by atomic mass is 10.1. The molecular formula is C13H19NO. The molecule has 0 aliphatic heterocycles. The molecule has 0 atom stereocenters. The normalized spacial score (nSPS) is 11.5. The van der Waals surface area contributed by atoms with Crippen LogP contribution in [0.1, 0.15) is 18.9 Å². The van der Waals surface area contributed by atoms with Gasteiger partial charge in [-0.05, 0) is 38.6 Å². The van der Waals surface area contributed by atoms with Crippen LogP contribution in [0, 0.1) is 0 Å². The van der Waals surface area contributed by atoms with Crippen molar-refractivity contribution in [1.29, 1.82) is 0 Å². The minimum Gasteiger partial charge on any atom is -0.496 e. The van der Waals surface area contributed by atoms with Crippen LogP contribution in [0.2, 0.25) is 0 Å². The number of nitrogens with one attached hydrogen (secondary N) is 1. The van der Waals surface area contributed by atoms with Crippen LogP contribution in [-0.4, -0.2) is 20.7 Å². The lowest BCUT2D eigenvalue weighted by Crippen LogP contribution is -2.06. The summed E-state index contributed by atoms with van der Waals surface area (Å²) < 4.78 is 5.32. The summed E-state index contributed by atoms with van der Waals surface area (Å²) in [5.41, 5.74) is 2.44. The molecule has 1 aromatic carbocycles. The van der Waals surface area contributed by atoms with Gasteiger partial charge in [-0.1, -0.05) is 24.3 Å². The van der Waals surface area contributed by atoms with E-state index in [1.165, 1.54) is 11.1 Å². The van der Waals surface area contributed by atoms with E-state index in [2.05, 4.69) is 24.4 Å². The number of allylic oxidation sites excluding steroid dienone is 1. The minimum absolute atomic E-state index is 0.940. The molecule has 0 aromatic heterocycles. The van der Waals surface area contributed by atoms with Crippen LogP contribution in [-0.2, 0) is 0 Å². The SMILES string of the molecule is CNCCC=C(C)c1ccccc1OC. The van der Waals surface area contributed by atoms with E-state index in [0.29, 0.717) is 0 Å². The molecule has 82 valence electrons. The standard InChI is InChI=1S/C13H19NO/c1-11(7-6-10-14-2)12-8-4-5-9-13(12)15-3/h4-5,7-9,14H,6,10H2,1-3H3. The van der Waals surface area contributed by atoms with Gasteiger partial charge >= 0.3 is 0 Å². The van der Waals surface area contributed by atoms with Crippen molar-refractivity contribution in [3.05, 3.63) is 35.9 Å². The largest absolute Gasteiger partial charge is 0.496 e. The van der Waals surface area contributed by atoms with Gasteiger partial charge in [-0.3, -0.25) is 0 Å². The second-order valence-electron chi connectivity index (χ2n) is 3.48. The van der Waals surface area contributed by atoms with Crippen molar-refractivity contribution < 1.29 is 4.74 Å². The molecule has 0 amide bonds. The van der Waals surface area contributed by atoms with E-state index < -0.39 is 0 Å². The van der Waals surface area contributed by atoms with Gasteiger partial charge in [0.1, 0.15) is 5.75 Å². The Bertz CT molecular complexity index is 331. The van der Waals surface area contributed by atoms with Crippen molar-refractivity contribution in [1.82, 2.24) is 5.32 Å². The zero-order valence-corrected chi connectivity index (χ0v) is 9.71. The zero-order chi connectivity index (χ0) is 11.1. The molecule has 1 rings (SSSR count). The van der Waals surface area contributed by atoms with Crippen molar-refractivity contribution >= 4 is 5.57 Å². The maximum atomic E-state index is 5.32. The Morgan fingerprint density at radius 3 is 2.80 bits per heavy atom. The van der Waals surface area contributed by atoms with Gasteiger partial charge in [0.15, 0.2) is 0 Å². The van der Waals surface area contributed by atoms with E-state index in [4.69, 9.17) is 4.74 Å². The Labute approximate surface area is 92.0 Å². The Morgan fingerprint density at radius 2 is 2.13 bits per heavy atom. The number of methoxy groups -OCH3 is 1. The molecule has 15 heavy (non-hydrogen) atoms. The van der Waals surface area contributed by atoms with E-state index in [1.807, 2.05) is 25.2 Å². The first-order valence-electron chi connectivity index (χ1n) is 5.24. The first-order valence-corrected chi connectivity index (χ1v) is 5.24. The third-order valence-electron chi connectivity index (χ3n) is 2.38. The van der Waals surface area contributed by atoms with Gasteiger partial charge in [0.2, 0.25) is 0 Å². The topological polar surface area (TPSA) is 21.3 Å². The predicted molar refractivity (Wildman–Crippen MR) is 65.2 cm³/mol. The van der Waals surface area contributed by atoms with Crippen LogP contribution in [0.3, 0.4) is 0 Å². The third kappa shape index (κ3) is 3.40. The molecule has 0 saturated carbocycles. The van der Waals surface area contributed by atoms with Crippen molar-refractivity contribution in [2.24, 2.45) is 0 Å². The monoisotopic (exact) mass is 205 g/mol. The smallest absolute Gasteiger partial charge is 0.126 e. The molecule has 0 aliphatic carbocycles. The van der Waals surface area contributed by atoms with Crippen molar-refractivity contribution in [3.8, 4) is 5.75 Å². The molecule has 0 unspecified atom stereocenters. The van der Waals surface area contributed by atoms with Crippen LogP contribution in [0.15, 0.2) is 30.3 Å². The Morgan fingerprint density at radius 1 is 1.40 bits per heavy atom. The van der Waals surface area contributed by atoms with Gasteiger partial charge in [-0.15, -0.1) is 0 Å². The lowest BCUT2D eigenvalue weighted by molar-refractivity contribution is 0.413. The highest BCUT2D eigenvalue weighted by Crippen LogP contribution is 2.25. The van der Waals surface area contributed by atoms with Gasteiger partial charge in [-0.2, -0.15) is 0 Å². The molecule has 0 heterocycles. The second kappa shape index (κ2) is 6.25. The summed E-state index contributed by atoms with van der Waals surface area (Å²) in [5.74, 6) is 0.940. The molecule has 0 fully saturated rings. The molecule has 2 heteroatoms. The van der Waals surface area contributed by atoms with E-state index >= 15 is 0 Å². The Hall–Kier alpha value is -1.28. The fourth-order valence-electron chi connectivity index (χ4n) is 1.51. The molecule has 0 saturated heterocycles. The van der Waals surface area contributed by atoms with Gasteiger partial charge in [0, 0.05) is 5.56 Å². The lowest BCUT2D eigenvalue weighted by Gasteiger charge is -2.08. The second-order valence-corrected chi connectivity index (χ2v) is 3.48. The van der Waals surface area contributed by atoms with Crippen LogP contribution in [0.25, 0.3) is 5.57 Å². The van der Waals surface area contributed by atoms with Crippen LogP contribution >= 0.6 is 0 Å². The maximum Gasteiger partial charge on any atom is 0.126 e. The summed E-state index contributed by atoms with van der Waals surface area (Å²) >= 11 is 0. The van der Waals surface area contributed by atoms with Crippen LogP contribution in [0.4, 0.5) is 0 Å². The number of rotatable bonds is 5. The number of para-hydroxylation sites is 1. The molecule has 0 aliphatic rings. The average Bonchev–Trinajstić information content (AvgIpc) is 2.29.